The summed E-state index contributed by atoms with van der Waals surface area (Å²) in [6.45, 7) is 0. The van der Waals surface area contributed by atoms with E-state index in [2.05, 4.69) is 15.0 Å². The number of ether oxygens (including phenoxy) is 1. The summed E-state index contributed by atoms with van der Waals surface area (Å²) in [6, 6.07) is 13.8. The number of benzene rings is 1. The molecule has 0 amide bonds. The Morgan fingerprint density at radius 3 is 2.64 bits per heavy atom. The molecule has 0 aliphatic carbocycles. The molecule has 3 heterocycles. The molecule has 0 spiro atoms. The molecule has 4 rings (SSSR count). The molecule has 0 unspecified atom stereocenters. The number of aromatic amines is 2. The van der Waals surface area contributed by atoms with E-state index in [1.54, 1.807) is 13.3 Å². The summed E-state index contributed by atoms with van der Waals surface area (Å²) >= 11 is 0. The highest BCUT2D eigenvalue weighted by molar-refractivity contribution is 5.91. The SMILES string of the molecule is COc1ccc(-c2ccnc3[nH]c(-c4ccc[nH]4)nc23)cc1. The van der Waals surface area contributed by atoms with Crippen molar-refractivity contribution in [3.05, 3.63) is 54.9 Å². The Morgan fingerprint density at radius 2 is 1.91 bits per heavy atom. The number of aromatic nitrogens is 4. The van der Waals surface area contributed by atoms with Gasteiger partial charge in [-0.05, 0) is 35.9 Å². The van der Waals surface area contributed by atoms with Crippen LogP contribution in [0.3, 0.4) is 0 Å². The highest BCUT2D eigenvalue weighted by atomic mass is 16.5. The third-order valence-electron chi connectivity index (χ3n) is 3.64. The first-order valence-corrected chi connectivity index (χ1v) is 6.98. The normalized spacial score (nSPS) is 11.0. The van der Waals surface area contributed by atoms with Crippen LogP contribution in [0.15, 0.2) is 54.9 Å². The first kappa shape index (κ1) is 12.6. The molecule has 108 valence electrons. The average Bonchev–Trinajstić information content (AvgIpc) is 3.23. The van der Waals surface area contributed by atoms with E-state index < -0.39 is 0 Å². The van der Waals surface area contributed by atoms with E-state index in [1.807, 2.05) is 48.7 Å². The Morgan fingerprint density at radius 1 is 1.05 bits per heavy atom. The standard InChI is InChI=1S/C17H14N4O/c1-22-12-6-4-11(5-7-12)13-8-10-19-17-15(13)20-16(21-17)14-3-2-9-18-14/h2-10,18H,1H3,(H,19,20,21). The maximum Gasteiger partial charge on any atom is 0.158 e. The van der Waals surface area contributed by atoms with E-state index in [1.165, 1.54) is 0 Å². The van der Waals surface area contributed by atoms with Gasteiger partial charge in [0.2, 0.25) is 0 Å². The number of rotatable bonds is 3. The number of nitrogens with zero attached hydrogens (tertiary/aromatic N) is 2. The van der Waals surface area contributed by atoms with E-state index in [-0.39, 0.29) is 0 Å². The van der Waals surface area contributed by atoms with Crippen LogP contribution in [0.5, 0.6) is 5.75 Å². The van der Waals surface area contributed by atoms with Crippen LogP contribution in [0.25, 0.3) is 33.8 Å². The van der Waals surface area contributed by atoms with Crippen LogP contribution in [0.2, 0.25) is 0 Å². The molecule has 0 saturated heterocycles. The number of H-pyrrole nitrogens is 2. The maximum atomic E-state index is 5.21. The van der Waals surface area contributed by atoms with Crippen molar-refractivity contribution in [1.29, 1.82) is 0 Å². The molecule has 1 aromatic carbocycles. The molecular formula is C17H14N4O. The minimum Gasteiger partial charge on any atom is -0.497 e. The zero-order chi connectivity index (χ0) is 14.9. The lowest BCUT2D eigenvalue weighted by Crippen LogP contribution is -1.85. The molecule has 5 nitrogen and oxygen atoms in total. The highest BCUT2D eigenvalue weighted by Gasteiger charge is 2.11. The summed E-state index contributed by atoms with van der Waals surface area (Å²) in [7, 11) is 1.66. The van der Waals surface area contributed by atoms with Gasteiger partial charge in [0.15, 0.2) is 11.5 Å². The zero-order valence-electron chi connectivity index (χ0n) is 12.0. The van der Waals surface area contributed by atoms with Crippen molar-refractivity contribution < 1.29 is 4.74 Å². The van der Waals surface area contributed by atoms with Crippen molar-refractivity contribution >= 4 is 11.2 Å². The summed E-state index contributed by atoms with van der Waals surface area (Å²) < 4.78 is 5.21. The van der Waals surface area contributed by atoms with E-state index in [9.17, 15) is 0 Å². The molecule has 0 bridgehead atoms. The van der Waals surface area contributed by atoms with Crippen molar-refractivity contribution in [2.75, 3.05) is 7.11 Å². The smallest absolute Gasteiger partial charge is 0.158 e. The Balaban J connectivity index is 1.86. The third-order valence-corrected chi connectivity index (χ3v) is 3.64. The van der Waals surface area contributed by atoms with Crippen LogP contribution >= 0.6 is 0 Å². The Hall–Kier alpha value is -3.08. The number of fused-ring (bicyclic) bond motifs is 1. The van der Waals surface area contributed by atoms with E-state index >= 15 is 0 Å². The van der Waals surface area contributed by atoms with Crippen LogP contribution < -0.4 is 4.74 Å². The number of nitrogens with one attached hydrogen (secondary N) is 2. The topological polar surface area (TPSA) is 66.6 Å². The zero-order valence-corrected chi connectivity index (χ0v) is 12.0. The minimum atomic E-state index is 0.776. The van der Waals surface area contributed by atoms with E-state index in [0.29, 0.717) is 0 Å². The van der Waals surface area contributed by atoms with Crippen molar-refractivity contribution in [2.45, 2.75) is 0 Å². The second-order valence-electron chi connectivity index (χ2n) is 4.95. The molecule has 0 saturated carbocycles. The lowest BCUT2D eigenvalue weighted by molar-refractivity contribution is 0.415. The molecule has 0 atom stereocenters. The number of hydrogen-bond donors (Lipinski definition) is 2. The Kier molecular flexibility index (Phi) is 2.89. The lowest BCUT2D eigenvalue weighted by Gasteiger charge is -2.04. The molecule has 0 aliphatic heterocycles. The second-order valence-corrected chi connectivity index (χ2v) is 4.95. The summed E-state index contributed by atoms with van der Waals surface area (Å²) in [5.74, 6) is 1.62. The predicted molar refractivity (Wildman–Crippen MR) is 85.7 cm³/mol. The highest BCUT2D eigenvalue weighted by Crippen LogP contribution is 2.29. The van der Waals surface area contributed by atoms with Gasteiger partial charge in [-0.1, -0.05) is 12.1 Å². The van der Waals surface area contributed by atoms with Crippen molar-refractivity contribution in [3.8, 4) is 28.4 Å². The van der Waals surface area contributed by atoms with Gasteiger partial charge >= 0.3 is 0 Å². The number of pyridine rings is 1. The summed E-state index contributed by atoms with van der Waals surface area (Å²) in [6.07, 6.45) is 3.67. The first-order valence-electron chi connectivity index (χ1n) is 6.98. The fourth-order valence-electron chi connectivity index (χ4n) is 2.52. The molecule has 2 N–H and O–H groups in total. The Bertz CT molecular complexity index is 908. The fraction of sp³-hybridized carbons (Fsp3) is 0.0588. The molecule has 22 heavy (non-hydrogen) atoms. The minimum absolute atomic E-state index is 0.776. The van der Waals surface area contributed by atoms with Crippen molar-refractivity contribution in [2.24, 2.45) is 0 Å². The van der Waals surface area contributed by atoms with E-state index in [0.717, 1.165) is 39.6 Å². The van der Waals surface area contributed by atoms with Crippen molar-refractivity contribution in [1.82, 2.24) is 19.9 Å². The number of imidazole rings is 1. The molecule has 0 aliphatic rings. The average molecular weight is 290 g/mol. The molecule has 0 radical (unpaired) electrons. The monoisotopic (exact) mass is 290 g/mol. The van der Waals surface area contributed by atoms with Gasteiger partial charge in [0, 0.05) is 18.0 Å². The van der Waals surface area contributed by atoms with Gasteiger partial charge in [0.05, 0.1) is 12.8 Å². The van der Waals surface area contributed by atoms with Crippen LogP contribution in [0.4, 0.5) is 0 Å². The van der Waals surface area contributed by atoms with E-state index in [4.69, 9.17) is 9.72 Å². The summed E-state index contributed by atoms with van der Waals surface area (Å²) in [4.78, 5) is 15.5. The van der Waals surface area contributed by atoms with Crippen LogP contribution in [-0.2, 0) is 0 Å². The quantitative estimate of drug-likeness (QED) is 0.605. The molecule has 4 aromatic rings. The Labute approximate surface area is 127 Å². The van der Waals surface area contributed by atoms with Gasteiger partial charge in [0.1, 0.15) is 11.3 Å². The second kappa shape index (κ2) is 5.04. The van der Waals surface area contributed by atoms with Gasteiger partial charge < -0.3 is 14.7 Å². The number of methoxy groups -OCH3 is 1. The van der Waals surface area contributed by atoms with Crippen molar-refractivity contribution in [3.63, 3.8) is 0 Å². The van der Waals surface area contributed by atoms with Crippen LogP contribution in [0.1, 0.15) is 0 Å². The predicted octanol–water partition coefficient (Wildman–Crippen LogP) is 3.63. The van der Waals surface area contributed by atoms with Gasteiger partial charge in [0.25, 0.3) is 0 Å². The van der Waals surface area contributed by atoms with Gasteiger partial charge in [-0.3, -0.25) is 0 Å². The van der Waals surface area contributed by atoms with Gasteiger partial charge in [-0.25, -0.2) is 9.97 Å². The summed E-state index contributed by atoms with van der Waals surface area (Å²) in [5, 5.41) is 0. The van der Waals surface area contributed by atoms with Crippen LogP contribution in [0, 0.1) is 0 Å². The molecule has 3 aromatic heterocycles. The lowest BCUT2D eigenvalue weighted by atomic mass is 10.1. The maximum absolute atomic E-state index is 5.21. The molecular weight excluding hydrogens is 276 g/mol. The molecule has 5 heteroatoms. The number of hydrogen-bond acceptors (Lipinski definition) is 3. The first-order chi connectivity index (χ1) is 10.8. The van der Waals surface area contributed by atoms with Crippen LogP contribution in [-0.4, -0.2) is 27.0 Å². The fourth-order valence-corrected chi connectivity index (χ4v) is 2.52. The van der Waals surface area contributed by atoms with Gasteiger partial charge in [-0.2, -0.15) is 0 Å². The largest absolute Gasteiger partial charge is 0.497 e. The molecule has 0 fully saturated rings. The van der Waals surface area contributed by atoms with Gasteiger partial charge in [-0.15, -0.1) is 0 Å². The third kappa shape index (κ3) is 2.03. The summed E-state index contributed by atoms with van der Waals surface area (Å²) in [5.41, 5.74) is 4.70.